The lowest BCUT2D eigenvalue weighted by Gasteiger charge is -2.21. The Balaban J connectivity index is 3.21. The van der Waals surface area contributed by atoms with Crippen LogP contribution in [0.1, 0.15) is 20.7 Å². The molecular weight excluding hydrogens is 250 g/mol. The van der Waals surface area contributed by atoms with Crippen molar-refractivity contribution in [3.63, 3.8) is 0 Å². The van der Waals surface area contributed by atoms with Crippen LogP contribution in [-0.2, 0) is 4.74 Å². The lowest BCUT2D eigenvalue weighted by molar-refractivity contribution is 0.0600. The maximum absolute atomic E-state index is 11.4. The molecule has 1 aromatic carbocycles. The Morgan fingerprint density at radius 2 is 1.83 bits per heavy atom. The third kappa shape index (κ3) is 3.59. The average Bonchev–Trinajstić information content (AvgIpc) is 2.26. The molecule has 1 amide bonds. The number of carbonyl (C=O) groups excluding carboxylic acids is 2. The van der Waals surface area contributed by atoms with Crippen LogP contribution in [0, 0.1) is 0 Å². The fraction of sp³-hybridized carbons (Fsp3) is 0.333. The van der Waals surface area contributed by atoms with Crippen molar-refractivity contribution < 1.29 is 18.8 Å². The van der Waals surface area contributed by atoms with E-state index in [2.05, 4.69) is 4.74 Å². The predicted molar refractivity (Wildman–Crippen MR) is 70.3 cm³/mol. The molecule has 2 N–H and O–H groups in total. The molecule has 0 bridgehead atoms. The van der Waals surface area contributed by atoms with E-state index < -0.39 is 20.2 Å². The number of esters is 1. The summed E-state index contributed by atoms with van der Waals surface area (Å²) in [5, 5.41) is 0. The average molecular weight is 267 g/mol. The van der Waals surface area contributed by atoms with Crippen LogP contribution in [0.5, 0.6) is 5.75 Å². The molecule has 1 aromatic rings. The zero-order valence-electron chi connectivity index (χ0n) is 10.9. The number of benzene rings is 1. The van der Waals surface area contributed by atoms with Gasteiger partial charge in [0.2, 0.25) is 8.32 Å². The summed E-state index contributed by atoms with van der Waals surface area (Å²) in [5.41, 5.74) is 5.76. The molecule has 0 spiro atoms. The lowest BCUT2D eigenvalue weighted by atomic mass is 10.1. The van der Waals surface area contributed by atoms with Crippen LogP contribution >= 0.6 is 0 Å². The van der Waals surface area contributed by atoms with Gasteiger partial charge in [0.05, 0.1) is 18.2 Å². The predicted octanol–water partition coefficient (Wildman–Crippen LogP) is 1.79. The van der Waals surface area contributed by atoms with Crippen molar-refractivity contribution in [2.24, 2.45) is 5.73 Å². The van der Waals surface area contributed by atoms with Crippen molar-refractivity contribution in [3.05, 3.63) is 29.3 Å². The number of hydrogen-bond donors (Lipinski definition) is 1. The second-order valence-electron chi connectivity index (χ2n) is 4.78. The van der Waals surface area contributed by atoms with Crippen LogP contribution in [0.3, 0.4) is 0 Å². The molecular formula is C12H17NO4Si. The highest BCUT2D eigenvalue weighted by molar-refractivity contribution is 6.70. The van der Waals surface area contributed by atoms with Crippen molar-refractivity contribution in [2.45, 2.75) is 19.6 Å². The summed E-state index contributed by atoms with van der Waals surface area (Å²) in [6.45, 7) is 5.98. The molecule has 0 heterocycles. The summed E-state index contributed by atoms with van der Waals surface area (Å²) in [7, 11) is -0.576. The molecule has 18 heavy (non-hydrogen) atoms. The van der Waals surface area contributed by atoms with E-state index >= 15 is 0 Å². The number of ether oxygens (including phenoxy) is 1. The summed E-state index contributed by atoms with van der Waals surface area (Å²) in [4.78, 5) is 22.8. The minimum absolute atomic E-state index is 0.195. The lowest BCUT2D eigenvalue weighted by Crippen LogP contribution is -2.30. The smallest absolute Gasteiger partial charge is 0.337 e. The van der Waals surface area contributed by atoms with E-state index in [1.165, 1.54) is 13.2 Å². The molecule has 0 unspecified atom stereocenters. The third-order valence-electron chi connectivity index (χ3n) is 2.08. The van der Waals surface area contributed by atoms with E-state index in [-0.39, 0.29) is 11.1 Å². The first kappa shape index (κ1) is 14.2. The quantitative estimate of drug-likeness (QED) is 0.666. The molecule has 1 rings (SSSR count). The Hall–Kier alpha value is -1.82. The number of methoxy groups -OCH3 is 1. The Bertz CT molecular complexity index is 479. The number of nitrogens with two attached hydrogens (primary N) is 1. The molecule has 0 aliphatic rings. The van der Waals surface area contributed by atoms with Gasteiger partial charge in [-0.3, -0.25) is 4.79 Å². The van der Waals surface area contributed by atoms with Crippen LogP contribution in [0.15, 0.2) is 18.2 Å². The van der Waals surface area contributed by atoms with Gasteiger partial charge >= 0.3 is 5.97 Å². The molecule has 6 heteroatoms. The summed E-state index contributed by atoms with van der Waals surface area (Å²) < 4.78 is 10.3. The van der Waals surface area contributed by atoms with Crippen molar-refractivity contribution in [3.8, 4) is 5.75 Å². The monoisotopic (exact) mass is 267 g/mol. The number of carbonyl (C=O) groups is 2. The SMILES string of the molecule is COC(=O)c1ccc(O[Si](C)(C)C)c(C(N)=O)c1. The maximum Gasteiger partial charge on any atom is 0.337 e. The molecule has 5 nitrogen and oxygen atoms in total. The van der Waals surface area contributed by atoms with Crippen LogP contribution in [0.2, 0.25) is 19.6 Å². The fourth-order valence-corrected chi connectivity index (χ4v) is 2.22. The minimum Gasteiger partial charge on any atom is -0.544 e. The van der Waals surface area contributed by atoms with Gasteiger partial charge in [-0.15, -0.1) is 0 Å². The molecule has 0 fully saturated rings. The zero-order valence-corrected chi connectivity index (χ0v) is 11.9. The van der Waals surface area contributed by atoms with Crippen LogP contribution in [-0.4, -0.2) is 27.3 Å². The third-order valence-corrected chi connectivity index (χ3v) is 2.91. The number of hydrogen-bond acceptors (Lipinski definition) is 4. The van der Waals surface area contributed by atoms with E-state index in [1.54, 1.807) is 12.1 Å². The first-order valence-corrected chi connectivity index (χ1v) is 8.86. The summed E-state index contributed by atoms with van der Waals surface area (Å²) in [5.74, 6) is -0.736. The van der Waals surface area contributed by atoms with Gasteiger partial charge in [-0.2, -0.15) is 0 Å². The van der Waals surface area contributed by atoms with Crippen LogP contribution < -0.4 is 10.2 Å². The number of rotatable bonds is 4. The number of amides is 1. The molecule has 0 atom stereocenters. The first-order chi connectivity index (χ1) is 8.24. The van der Waals surface area contributed by atoms with Gasteiger partial charge in [0, 0.05) is 0 Å². The molecule has 0 aromatic heterocycles. The summed E-state index contributed by atoms with van der Waals surface area (Å²) >= 11 is 0. The van der Waals surface area contributed by atoms with Crippen molar-refractivity contribution in [1.29, 1.82) is 0 Å². The van der Waals surface area contributed by atoms with E-state index in [9.17, 15) is 9.59 Å². The van der Waals surface area contributed by atoms with Crippen molar-refractivity contribution in [2.75, 3.05) is 7.11 Å². The standard InChI is InChI=1S/C12H17NO4Si/c1-16-12(15)8-5-6-10(17-18(2,3)4)9(7-8)11(13)14/h5-7H,1-4H3,(H2,13,14). The summed E-state index contributed by atoms with van der Waals surface area (Å²) in [6.07, 6.45) is 0. The highest BCUT2D eigenvalue weighted by atomic mass is 28.4. The van der Waals surface area contributed by atoms with E-state index in [4.69, 9.17) is 10.2 Å². The zero-order chi connectivity index (χ0) is 13.9. The van der Waals surface area contributed by atoms with Gasteiger partial charge in [-0.1, -0.05) is 0 Å². The van der Waals surface area contributed by atoms with Crippen LogP contribution in [0.25, 0.3) is 0 Å². The van der Waals surface area contributed by atoms with E-state index in [1.807, 2.05) is 19.6 Å². The topological polar surface area (TPSA) is 78.6 Å². The Kier molecular flexibility index (Phi) is 4.13. The fourth-order valence-electron chi connectivity index (χ4n) is 1.39. The minimum atomic E-state index is -1.85. The van der Waals surface area contributed by atoms with E-state index in [0.29, 0.717) is 5.75 Å². The van der Waals surface area contributed by atoms with Gasteiger partial charge in [-0.25, -0.2) is 4.79 Å². The van der Waals surface area contributed by atoms with Gasteiger partial charge in [0.15, 0.2) is 0 Å². The van der Waals surface area contributed by atoms with Gasteiger partial charge in [-0.05, 0) is 37.8 Å². The second-order valence-corrected chi connectivity index (χ2v) is 9.21. The normalized spacial score (nSPS) is 10.9. The highest BCUT2D eigenvalue weighted by Crippen LogP contribution is 2.23. The molecule has 98 valence electrons. The Morgan fingerprint density at radius 3 is 2.28 bits per heavy atom. The molecule has 0 aliphatic carbocycles. The Morgan fingerprint density at radius 1 is 1.22 bits per heavy atom. The summed E-state index contributed by atoms with van der Waals surface area (Å²) in [6, 6.07) is 4.52. The van der Waals surface area contributed by atoms with Gasteiger partial charge < -0.3 is 14.9 Å². The molecule has 0 saturated carbocycles. The van der Waals surface area contributed by atoms with Crippen LogP contribution in [0.4, 0.5) is 0 Å². The van der Waals surface area contributed by atoms with Gasteiger partial charge in [0.25, 0.3) is 5.91 Å². The number of primary amides is 1. The van der Waals surface area contributed by atoms with Crippen molar-refractivity contribution in [1.82, 2.24) is 0 Å². The molecule has 0 aliphatic heterocycles. The van der Waals surface area contributed by atoms with Crippen molar-refractivity contribution >= 4 is 20.2 Å². The van der Waals surface area contributed by atoms with Gasteiger partial charge in [0.1, 0.15) is 5.75 Å². The molecule has 0 saturated heterocycles. The first-order valence-electron chi connectivity index (χ1n) is 5.46. The second kappa shape index (κ2) is 5.22. The largest absolute Gasteiger partial charge is 0.544 e. The van der Waals surface area contributed by atoms with E-state index in [0.717, 1.165) is 0 Å². The highest BCUT2D eigenvalue weighted by Gasteiger charge is 2.21. The molecule has 0 radical (unpaired) electrons. The maximum atomic E-state index is 11.4. The Labute approximate surface area is 107 Å².